The Kier molecular flexibility index (Phi) is 7.01. The van der Waals surface area contributed by atoms with Gasteiger partial charge in [0.25, 0.3) is 0 Å². The highest BCUT2D eigenvalue weighted by Crippen LogP contribution is 2.41. The molecule has 0 unspecified atom stereocenters. The number of rotatable bonds is 7. The highest BCUT2D eigenvalue weighted by atomic mass is 32.2. The lowest BCUT2D eigenvalue weighted by atomic mass is 10.1. The van der Waals surface area contributed by atoms with Crippen LogP contribution in [-0.2, 0) is 35.3 Å². The lowest BCUT2D eigenvalue weighted by Crippen LogP contribution is -2.51. The summed E-state index contributed by atoms with van der Waals surface area (Å²) in [5.74, 6) is -1.01. The fourth-order valence-corrected chi connectivity index (χ4v) is 7.41. The molecule has 1 N–H and O–H groups in total. The van der Waals surface area contributed by atoms with E-state index in [2.05, 4.69) is 14.5 Å². The van der Waals surface area contributed by atoms with Crippen LogP contribution in [0.2, 0.25) is 0 Å². The van der Waals surface area contributed by atoms with Crippen LogP contribution in [0.4, 0.5) is 11.4 Å². The van der Waals surface area contributed by atoms with Gasteiger partial charge in [-0.05, 0) is 43.3 Å². The summed E-state index contributed by atoms with van der Waals surface area (Å²) >= 11 is 0. The van der Waals surface area contributed by atoms with Crippen LogP contribution >= 0.6 is 0 Å². The van der Waals surface area contributed by atoms with Crippen LogP contribution in [-0.4, -0.2) is 91.3 Å². The van der Waals surface area contributed by atoms with Crippen molar-refractivity contribution in [1.29, 1.82) is 0 Å². The van der Waals surface area contributed by atoms with E-state index in [0.717, 1.165) is 44.7 Å². The molecule has 2 saturated heterocycles. The van der Waals surface area contributed by atoms with Crippen molar-refractivity contribution in [2.24, 2.45) is 0 Å². The van der Waals surface area contributed by atoms with E-state index in [1.54, 1.807) is 30.3 Å². The van der Waals surface area contributed by atoms with Crippen molar-refractivity contribution in [3.8, 4) is 0 Å². The Labute approximate surface area is 212 Å². The van der Waals surface area contributed by atoms with Gasteiger partial charge in [-0.15, -0.1) is 0 Å². The first kappa shape index (κ1) is 25.4. The first-order valence-corrected chi connectivity index (χ1v) is 15.4. The van der Waals surface area contributed by atoms with Crippen LogP contribution in [0.3, 0.4) is 0 Å². The molecular weight excluding hydrogens is 504 g/mol. The smallest absolute Gasteiger partial charge is 0.243 e. The van der Waals surface area contributed by atoms with Crippen LogP contribution in [0.1, 0.15) is 12.0 Å². The number of hydrogen-bond acceptors (Lipinski definition) is 8. The predicted molar refractivity (Wildman–Crippen MR) is 137 cm³/mol. The molecule has 0 aromatic heterocycles. The van der Waals surface area contributed by atoms with Gasteiger partial charge in [0.05, 0.1) is 30.9 Å². The number of nitrogens with zero attached hydrogens (tertiary/aromatic N) is 3. The maximum atomic E-state index is 13.3. The monoisotopic (exact) mass is 536 g/mol. The molecule has 5 rings (SSSR count). The van der Waals surface area contributed by atoms with Gasteiger partial charge in [-0.3, -0.25) is 9.62 Å². The van der Waals surface area contributed by atoms with Gasteiger partial charge in [0.15, 0.2) is 0 Å². The van der Waals surface area contributed by atoms with Gasteiger partial charge in [-0.1, -0.05) is 18.2 Å². The molecule has 0 amide bonds. The molecule has 0 atom stereocenters. The molecule has 2 aromatic carbocycles. The third-order valence-electron chi connectivity index (χ3n) is 6.84. The van der Waals surface area contributed by atoms with Crippen molar-refractivity contribution in [2.45, 2.75) is 17.1 Å². The summed E-state index contributed by atoms with van der Waals surface area (Å²) in [5, 5.41) is 0. The summed E-state index contributed by atoms with van der Waals surface area (Å²) in [6.07, 6.45) is 1.84. The normalized spacial score (nSPS) is 22.0. The summed E-state index contributed by atoms with van der Waals surface area (Å²) in [6.45, 7) is 5.70. The number of benzene rings is 2. The Morgan fingerprint density at radius 1 is 0.944 bits per heavy atom. The molecule has 0 bridgehead atoms. The molecule has 2 aromatic rings. The molecule has 10 nitrogen and oxygen atoms in total. The summed E-state index contributed by atoms with van der Waals surface area (Å²) in [6, 6.07) is 14.3. The second-order valence-electron chi connectivity index (χ2n) is 9.39. The SMILES string of the molecule is CS(=O)(=O)Nc1ccc(N2CCN(CCCN3CC4(OCCO4)c4ccccc4S3(=O)=O)CC2)cc1. The molecule has 3 aliphatic heterocycles. The second-order valence-corrected chi connectivity index (χ2v) is 13.0. The molecule has 1 spiro atoms. The lowest BCUT2D eigenvalue weighted by molar-refractivity contribution is -0.176. The van der Waals surface area contributed by atoms with E-state index < -0.39 is 25.8 Å². The summed E-state index contributed by atoms with van der Waals surface area (Å²) in [7, 11) is -6.90. The predicted octanol–water partition coefficient (Wildman–Crippen LogP) is 1.47. The lowest BCUT2D eigenvalue weighted by Gasteiger charge is -2.40. The molecule has 0 aliphatic carbocycles. The van der Waals surface area contributed by atoms with E-state index in [-0.39, 0.29) is 11.4 Å². The number of nitrogens with one attached hydrogen (secondary N) is 1. The standard InChI is InChI=1S/C24H32N4O6S2/c1-35(29,30)25-20-7-9-21(10-8-20)27-15-13-26(14-16-27)11-4-12-28-19-24(33-17-18-34-24)22-5-2-3-6-23(22)36(28,31)32/h2-3,5-10,25H,4,11-19H2,1H3. The van der Waals surface area contributed by atoms with E-state index in [0.29, 0.717) is 37.4 Å². The molecular formula is C24H32N4O6S2. The van der Waals surface area contributed by atoms with E-state index in [9.17, 15) is 16.8 Å². The molecule has 0 saturated carbocycles. The molecule has 3 aliphatic rings. The van der Waals surface area contributed by atoms with E-state index in [1.807, 2.05) is 18.2 Å². The first-order chi connectivity index (χ1) is 17.2. The number of sulfonamides is 2. The number of piperazine rings is 1. The third-order valence-corrected chi connectivity index (χ3v) is 9.35. The van der Waals surface area contributed by atoms with E-state index in [4.69, 9.17) is 9.47 Å². The first-order valence-electron chi connectivity index (χ1n) is 12.1. The fraction of sp³-hybridized carbons (Fsp3) is 0.500. The molecule has 0 radical (unpaired) electrons. The molecule has 36 heavy (non-hydrogen) atoms. The van der Waals surface area contributed by atoms with Gasteiger partial charge in [-0.25, -0.2) is 16.8 Å². The molecule has 196 valence electrons. The van der Waals surface area contributed by atoms with Crippen molar-refractivity contribution < 1.29 is 26.3 Å². The van der Waals surface area contributed by atoms with Crippen LogP contribution in [0.15, 0.2) is 53.4 Å². The van der Waals surface area contributed by atoms with Crippen LogP contribution < -0.4 is 9.62 Å². The number of ether oxygens (including phenoxy) is 2. The zero-order valence-corrected chi connectivity index (χ0v) is 21.9. The molecule has 2 fully saturated rings. The second kappa shape index (κ2) is 9.92. The van der Waals surface area contributed by atoms with Gasteiger partial charge in [-0.2, -0.15) is 4.31 Å². The van der Waals surface area contributed by atoms with Crippen molar-refractivity contribution in [3.05, 3.63) is 54.1 Å². The van der Waals surface area contributed by atoms with Crippen molar-refractivity contribution in [3.63, 3.8) is 0 Å². The third kappa shape index (κ3) is 5.24. The van der Waals surface area contributed by atoms with Crippen molar-refractivity contribution in [2.75, 3.05) is 74.9 Å². The summed E-state index contributed by atoms with van der Waals surface area (Å²) in [4.78, 5) is 4.88. The maximum absolute atomic E-state index is 13.3. The Morgan fingerprint density at radius 2 is 1.61 bits per heavy atom. The largest absolute Gasteiger partial charge is 0.369 e. The summed E-state index contributed by atoms with van der Waals surface area (Å²) in [5.41, 5.74) is 2.19. The van der Waals surface area contributed by atoms with Crippen LogP contribution in [0.25, 0.3) is 0 Å². The Morgan fingerprint density at radius 3 is 2.28 bits per heavy atom. The topological polar surface area (TPSA) is 108 Å². The van der Waals surface area contributed by atoms with Crippen LogP contribution in [0, 0.1) is 0 Å². The number of fused-ring (bicyclic) bond motifs is 2. The molecule has 12 heteroatoms. The number of hydrogen-bond donors (Lipinski definition) is 1. The zero-order valence-electron chi connectivity index (χ0n) is 20.3. The average Bonchev–Trinajstić information content (AvgIpc) is 3.32. The Balaban J connectivity index is 1.15. The minimum atomic E-state index is -3.61. The van der Waals surface area contributed by atoms with Crippen molar-refractivity contribution >= 4 is 31.4 Å². The Hall–Kier alpha value is -2.22. The molecule has 3 heterocycles. The van der Waals surface area contributed by atoms with Gasteiger partial charge >= 0.3 is 0 Å². The zero-order chi connectivity index (χ0) is 25.4. The quantitative estimate of drug-likeness (QED) is 0.567. The van der Waals surface area contributed by atoms with Crippen molar-refractivity contribution in [1.82, 2.24) is 9.21 Å². The van der Waals surface area contributed by atoms with Gasteiger partial charge < -0.3 is 14.4 Å². The summed E-state index contributed by atoms with van der Waals surface area (Å²) < 4.78 is 65.2. The minimum Gasteiger partial charge on any atom is -0.369 e. The van der Waals surface area contributed by atoms with E-state index >= 15 is 0 Å². The van der Waals surface area contributed by atoms with Gasteiger partial charge in [0, 0.05) is 49.7 Å². The highest BCUT2D eigenvalue weighted by molar-refractivity contribution is 7.92. The van der Waals surface area contributed by atoms with E-state index in [1.165, 1.54) is 4.31 Å². The minimum absolute atomic E-state index is 0.171. The average molecular weight is 537 g/mol. The van der Waals surface area contributed by atoms with Gasteiger partial charge in [0.1, 0.15) is 0 Å². The fourth-order valence-electron chi connectivity index (χ4n) is 5.10. The maximum Gasteiger partial charge on any atom is 0.243 e. The van der Waals surface area contributed by atoms with Crippen LogP contribution in [0.5, 0.6) is 0 Å². The van der Waals surface area contributed by atoms with Gasteiger partial charge in [0.2, 0.25) is 25.8 Å². The highest BCUT2D eigenvalue weighted by Gasteiger charge is 2.50. The Bertz CT molecular complexity index is 1290. The number of anilines is 2.